The van der Waals surface area contributed by atoms with E-state index < -0.39 is 0 Å². The third kappa shape index (κ3) is 2.88. The first-order valence-corrected chi connectivity index (χ1v) is 6.48. The molecule has 0 spiro atoms. The van der Waals surface area contributed by atoms with Crippen LogP contribution in [0.2, 0.25) is 0 Å². The minimum atomic E-state index is 0.0119. The van der Waals surface area contributed by atoms with Crippen molar-refractivity contribution in [1.82, 2.24) is 16.0 Å². The molecule has 2 amide bonds. The van der Waals surface area contributed by atoms with Crippen LogP contribution in [0.1, 0.15) is 46.0 Å². The van der Waals surface area contributed by atoms with Gasteiger partial charge in [-0.15, -0.1) is 0 Å². The van der Waals surface area contributed by atoms with E-state index in [2.05, 4.69) is 29.8 Å². The highest BCUT2D eigenvalue weighted by molar-refractivity contribution is 5.74. The van der Waals surface area contributed by atoms with Gasteiger partial charge in [-0.3, -0.25) is 0 Å². The monoisotopic (exact) mass is 225 g/mol. The second-order valence-electron chi connectivity index (χ2n) is 5.29. The predicted molar refractivity (Wildman–Crippen MR) is 64.4 cm³/mol. The average Bonchev–Trinajstić information content (AvgIpc) is 2.16. The van der Waals surface area contributed by atoms with E-state index in [-0.39, 0.29) is 12.1 Å². The van der Waals surface area contributed by atoms with E-state index in [1.807, 2.05) is 0 Å². The van der Waals surface area contributed by atoms with Gasteiger partial charge in [0.1, 0.15) is 0 Å². The maximum Gasteiger partial charge on any atom is 0.315 e. The molecule has 1 saturated carbocycles. The standard InChI is InChI=1S/C12H23N3O/c1-8-6-7-11(9(2)13-8)15-12(16)14-10-4-3-5-10/h8-11,13H,3-7H2,1-2H3,(H2,14,15,16). The van der Waals surface area contributed by atoms with Crippen molar-refractivity contribution >= 4 is 6.03 Å². The largest absolute Gasteiger partial charge is 0.335 e. The third-order valence-corrected chi connectivity index (χ3v) is 3.82. The summed E-state index contributed by atoms with van der Waals surface area (Å²) in [4.78, 5) is 11.7. The summed E-state index contributed by atoms with van der Waals surface area (Å²) in [5.74, 6) is 0. The van der Waals surface area contributed by atoms with Gasteiger partial charge in [0.25, 0.3) is 0 Å². The first kappa shape index (κ1) is 11.7. The maximum absolute atomic E-state index is 11.7. The Labute approximate surface area is 97.6 Å². The highest BCUT2D eigenvalue weighted by Gasteiger charge is 2.27. The summed E-state index contributed by atoms with van der Waals surface area (Å²) >= 11 is 0. The van der Waals surface area contributed by atoms with Crippen molar-refractivity contribution in [2.24, 2.45) is 0 Å². The topological polar surface area (TPSA) is 53.2 Å². The smallest absolute Gasteiger partial charge is 0.315 e. The summed E-state index contributed by atoms with van der Waals surface area (Å²) in [7, 11) is 0. The molecule has 92 valence electrons. The number of amides is 2. The highest BCUT2D eigenvalue weighted by Crippen LogP contribution is 2.18. The SMILES string of the molecule is CC1CCC(NC(=O)NC2CCC2)C(C)N1. The fourth-order valence-electron chi connectivity index (χ4n) is 2.47. The molecule has 0 aromatic heterocycles. The molecule has 3 atom stereocenters. The molecule has 1 aliphatic carbocycles. The van der Waals surface area contributed by atoms with Crippen molar-refractivity contribution in [3.8, 4) is 0 Å². The van der Waals surface area contributed by atoms with Crippen LogP contribution in [0.3, 0.4) is 0 Å². The van der Waals surface area contributed by atoms with Crippen LogP contribution >= 0.6 is 0 Å². The number of nitrogens with one attached hydrogen (secondary N) is 3. The van der Waals surface area contributed by atoms with Crippen LogP contribution < -0.4 is 16.0 Å². The summed E-state index contributed by atoms with van der Waals surface area (Å²) < 4.78 is 0. The van der Waals surface area contributed by atoms with Crippen molar-refractivity contribution in [3.05, 3.63) is 0 Å². The predicted octanol–water partition coefficient (Wildman–Crippen LogP) is 1.37. The fourth-order valence-corrected chi connectivity index (χ4v) is 2.47. The van der Waals surface area contributed by atoms with Crippen molar-refractivity contribution in [2.45, 2.75) is 70.1 Å². The summed E-state index contributed by atoms with van der Waals surface area (Å²) in [5, 5.41) is 9.57. The summed E-state index contributed by atoms with van der Waals surface area (Å²) in [6.07, 6.45) is 5.75. The van der Waals surface area contributed by atoms with Crippen LogP contribution in [0.25, 0.3) is 0 Å². The zero-order valence-corrected chi connectivity index (χ0v) is 10.3. The Balaban J connectivity index is 1.73. The molecule has 2 aliphatic rings. The fraction of sp³-hybridized carbons (Fsp3) is 0.917. The molecule has 1 heterocycles. The van der Waals surface area contributed by atoms with Crippen molar-refractivity contribution < 1.29 is 4.79 Å². The first-order chi connectivity index (χ1) is 7.65. The quantitative estimate of drug-likeness (QED) is 0.665. The van der Waals surface area contributed by atoms with Crippen LogP contribution in [0, 0.1) is 0 Å². The molecule has 2 rings (SSSR count). The van der Waals surface area contributed by atoms with Crippen LogP contribution in [-0.4, -0.2) is 30.2 Å². The Hall–Kier alpha value is -0.770. The molecule has 0 aromatic rings. The molecule has 0 radical (unpaired) electrons. The van der Waals surface area contributed by atoms with E-state index in [1.54, 1.807) is 0 Å². The number of rotatable bonds is 2. The Morgan fingerprint density at radius 1 is 1.12 bits per heavy atom. The van der Waals surface area contributed by atoms with Gasteiger partial charge in [-0.2, -0.15) is 0 Å². The Morgan fingerprint density at radius 3 is 2.44 bits per heavy atom. The third-order valence-electron chi connectivity index (χ3n) is 3.82. The van der Waals surface area contributed by atoms with Gasteiger partial charge in [0.05, 0.1) is 0 Å². The number of hydrogen-bond donors (Lipinski definition) is 3. The van der Waals surface area contributed by atoms with Gasteiger partial charge in [-0.05, 0) is 46.0 Å². The van der Waals surface area contributed by atoms with Crippen LogP contribution in [0.4, 0.5) is 4.79 Å². The van der Waals surface area contributed by atoms with Gasteiger partial charge in [-0.25, -0.2) is 4.79 Å². The molecule has 0 aromatic carbocycles. The van der Waals surface area contributed by atoms with E-state index in [0.717, 1.165) is 25.7 Å². The second-order valence-corrected chi connectivity index (χ2v) is 5.29. The Kier molecular flexibility index (Phi) is 3.69. The molecule has 4 nitrogen and oxygen atoms in total. The van der Waals surface area contributed by atoms with Crippen molar-refractivity contribution in [1.29, 1.82) is 0 Å². The van der Waals surface area contributed by atoms with Gasteiger partial charge >= 0.3 is 6.03 Å². The molecule has 4 heteroatoms. The molecular weight excluding hydrogens is 202 g/mol. The zero-order chi connectivity index (χ0) is 11.5. The van der Waals surface area contributed by atoms with Crippen molar-refractivity contribution in [2.75, 3.05) is 0 Å². The molecule has 1 saturated heterocycles. The van der Waals surface area contributed by atoms with Gasteiger partial charge in [-0.1, -0.05) is 0 Å². The van der Waals surface area contributed by atoms with Crippen LogP contribution in [0.5, 0.6) is 0 Å². The number of piperidine rings is 1. The molecule has 16 heavy (non-hydrogen) atoms. The number of hydrogen-bond acceptors (Lipinski definition) is 2. The van der Waals surface area contributed by atoms with E-state index in [4.69, 9.17) is 0 Å². The van der Waals surface area contributed by atoms with E-state index in [9.17, 15) is 4.79 Å². The molecule has 0 bridgehead atoms. The minimum absolute atomic E-state index is 0.0119. The maximum atomic E-state index is 11.7. The van der Waals surface area contributed by atoms with Gasteiger partial charge < -0.3 is 16.0 Å². The number of carbonyl (C=O) groups is 1. The van der Waals surface area contributed by atoms with Crippen LogP contribution in [-0.2, 0) is 0 Å². The number of urea groups is 1. The van der Waals surface area contributed by atoms with Crippen molar-refractivity contribution in [3.63, 3.8) is 0 Å². The van der Waals surface area contributed by atoms with Gasteiger partial charge in [0.2, 0.25) is 0 Å². The van der Waals surface area contributed by atoms with Gasteiger partial charge in [0.15, 0.2) is 0 Å². The summed E-state index contributed by atoms with van der Waals surface area (Å²) in [5.41, 5.74) is 0. The average molecular weight is 225 g/mol. The molecule has 3 unspecified atom stereocenters. The lowest BCUT2D eigenvalue weighted by atomic mass is 9.93. The lowest BCUT2D eigenvalue weighted by Gasteiger charge is -2.35. The molecule has 1 aliphatic heterocycles. The summed E-state index contributed by atoms with van der Waals surface area (Å²) in [6.45, 7) is 4.34. The Morgan fingerprint density at radius 2 is 1.88 bits per heavy atom. The molecular formula is C12H23N3O. The molecule has 2 fully saturated rings. The summed E-state index contributed by atoms with van der Waals surface area (Å²) in [6, 6.07) is 1.65. The van der Waals surface area contributed by atoms with E-state index in [1.165, 1.54) is 6.42 Å². The normalized spacial score (nSPS) is 35.2. The first-order valence-electron chi connectivity index (χ1n) is 6.48. The minimum Gasteiger partial charge on any atom is -0.335 e. The highest BCUT2D eigenvalue weighted by atomic mass is 16.2. The van der Waals surface area contributed by atoms with Gasteiger partial charge in [0, 0.05) is 24.2 Å². The lowest BCUT2D eigenvalue weighted by Crippen LogP contribution is -2.57. The van der Waals surface area contributed by atoms with E-state index >= 15 is 0 Å². The number of carbonyl (C=O) groups excluding carboxylic acids is 1. The van der Waals surface area contributed by atoms with Crippen LogP contribution in [0.15, 0.2) is 0 Å². The van der Waals surface area contributed by atoms with E-state index in [0.29, 0.717) is 18.1 Å². The Bertz CT molecular complexity index is 253. The zero-order valence-electron chi connectivity index (χ0n) is 10.3. The molecule has 3 N–H and O–H groups in total. The second kappa shape index (κ2) is 5.04. The lowest BCUT2D eigenvalue weighted by molar-refractivity contribution is 0.211.